The molecular weight excluding hydrogens is 393 g/mol. The normalized spacial score (nSPS) is 11.4. The summed E-state index contributed by atoms with van der Waals surface area (Å²) in [5, 5.41) is 2.98. The van der Waals surface area contributed by atoms with Crippen molar-refractivity contribution in [2.24, 2.45) is 5.41 Å². The molecule has 0 aromatic heterocycles. The predicted octanol–water partition coefficient (Wildman–Crippen LogP) is 4.99. The van der Waals surface area contributed by atoms with Crippen molar-refractivity contribution in [3.8, 4) is 0 Å². The summed E-state index contributed by atoms with van der Waals surface area (Å²) in [6.07, 6.45) is 1.96. The molecule has 0 unspecified atom stereocenters. The third kappa shape index (κ3) is 5.84. The third-order valence-electron chi connectivity index (χ3n) is 2.89. The zero-order valence-electron chi connectivity index (χ0n) is 11.1. The largest absolute Gasteiger partial charge is 0.351 e. The minimum absolute atomic E-state index is 0.0571. The fourth-order valence-electron chi connectivity index (χ4n) is 1.72. The Hall–Kier alpha value is -0.0600. The number of rotatable bonds is 6. The Morgan fingerprint density at radius 3 is 2.63 bits per heavy atom. The lowest BCUT2D eigenvalue weighted by molar-refractivity contribution is 0.0933. The maximum absolute atomic E-state index is 12.1. The lowest BCUT2D eigenvalue weighted by Gasteiger charge is -2.24. The smallest absolute Gasteiger partial charge is 0.252 e. The van der Waals surface area contributed by atoms with Crippen LogP contribution in [0.5, 0.6) is 0 Å². The maximum Gasteiger partial charge on any atom is 0.252 e. The molecule has 0 heterocycles. The molecule has 0 aliphatic carbocycles. The number of benzene rings is 1. The second kappa shape index (κ2) is 7.65. The second-order valence-corrected chi connectivity index (χ2v) is 7.41. The van der Waals surface area contributed by atoms with E-state index in [-0.39, 0.29) is 11.3 Å². The fourth-order valence-corrected chi connectivity index (χ4v) is 3.08. The summed E-state index contributed by atoms with van der Waals surface area (Å²) >= 11 is 12.5. The zero-order valence-corrected chi connectivity index (χ0v) is 15.0. The Morgan fingerprint density at radius 1 is 1.37 bits per heavy atom. The van der Waals surface area contributed by atoms with Gasteiger partial charge in [-0.15, -0.1) is 11.6 Å². The molecule has 5 heteroatoms. The Balaban J connectivity index is 2.60. The van der Waals surface area contributed by atoms with Crippen LogP contribution in [-0.4, -0.2) is 18.3 Å². The molecule has 0 atom stereocenters. The van der Waals surface area contributed by atoms with Crippen LogP contribution in [0.3, 0.4) is 0 Å². The van der Waals surface area contributed by atoms with Gasteiger partial charge in [-0.05, 0) is 52.4 Å². The highest BCUT2D eigenvalue weighted by Gasteiger charge is 2.19. The fraction of sp³-hybridized carbons (Fsp3) is 0.500. The van der Waals surface area contributed by atoms with E-state index in [1.807, 2.05) is 12.1 Å². The molecule has 1 N–H and O–H groups in total. The van der Waals surface area contributed by atoms with Crippen LogP contribution in [0.4, 0.5) is 0 Å². The topological polar surface area (TPSA) is 29.1 Å². The van der Waals surface area contributed by atoms with Crippen molar-refractivity contribution in [1.82, 2.24) is 5.32 Å². The van der Waals surface area contributed by atoms with Gasteiger partial charge < -0.3 is 5.32 Å². The lowest BCUT2D eigenvalue weighted by atomic mass is 9.88. The number of nitrogens with one attached hydrogen (secondary N) is 1. The minimum Gasteiger partial charge on any atom is -0.351 e. The molecule has 0 saturated carbocycles. The maximum atomic E-state index is 12.1. The lowest BCUT2D eigenvalue weighted by Crippen LogP contribution is -2.34. The van der Waals surface area contributed by atoms with Gasteiger partial charge in [-0.1, -0.05) is 29.8 Å². The molecular formula is C14H18Br2ClNO. The first kappa shape index (κ1) is 17.0. The van der Waals surface area contributed by atoms with Crippen molar-refractivity contribution in [2.45, 2.75) is 26.7 Å². The summed E-state index contributed by atoms with van der Waals surface area (Å²) in [5.74, 6) is 0.605. The molecule has 1 amide bonds. The van der Waals surface area contributed by atoms with Gasteiger partial charge in [-0.3, -0.25) is 4.79 Å². The highest BCUT2D eigenvalue weighted by Crippen LogP contribution is 2.24. The Kier molecular flexibility index (Phi) is 6.84. The summed E-state index contributed by atoms with van der Waals surface area (Å²) in [6.45, 7) is 4.91. The molecule has 0 fully saturated rings. The van der Waals surface area contributed by atoms with Crippen molar-refractivity contribution in [3.63, 3.8) is 0 Å². The number of carbonyl (C=O) groups is 1. The number of amides is 1. The van der Waals surface area contributed by atoms with Gasteiger partial charge >= 0.3 is 0 Å². The first-order chi connectivity index (χ1) is 8.85. The van der Waals surface area contributed by atoms with Crippen LogP contribution in [0, 0.1) is 5.41 Å². The van der Waals surface area contributed by atoms with Crippen LogP contribution in [0.2, 0.25) is 0 Å². The predicted molar refractivity (Wildman–Crippen MR) is 87.9 cm³/mol. The van der Waals surface area contributed by atoms with Gasteiger partial charge in [-0.25, -0.2) is 0 Å². The van der Waals surface area contributed by atoms with Crippen molar-refractivity contribution >= 4 is 49.4 Å². The van der Waals surface area contributed by atoms with E-state index in [0.29, 0.717) is 18.0 Å². The molecule has 1 rings (SSSR count). The van der Waals surface area contributed by atoms with Gasteiger partial charge in [0.25, 0.3) is 5.91 Å². The van der Waals surface area contributed by atoms with Crippen molar-refractivity contribution in [2.75, 3.05) is 12.4 Å². The standard InChI is InChI=1S/C14H18Br2ClNO/c1-14(2,6-3-7-17)9-18-13(19)11-5-4-10(15)8-12(11)16/h4-5,8H,3,6-7,9H2,1-2H3,(H,18,19). The summed E-state index contributed by atoms with van der Waals surface area (Å²) in [4.78, 5) is 12.1. The minimum atomic E-state index is -0.0571. The molecule has 0 spiro atoms. The Bertz CT molecular complexity index is 449. The van der Waals surface area contributed by atoms with Gasteiger partial charge in [0.05, 0.1) is 5.56 Å². The molecule has 19 heavy (non-hydrogen) atoms. The monoisotopic (exact) mass is 409 g/mol. The van der Waals surface area contributed by atoms with Crippen molar-refractivity contribution in [3.05, 3.63) is 32.7 Å². The Labute approximate surface area is 136 Å². The molecule has 1 aromatic rings. The summed E-state index contributed by atoms with van der Waals surface area (Å²) in [7, 11) is 0. The van der Waals surface area contributed by atoms with Crippen molar-refractivity contribution in [1.29, 1.82) is 0 Å². The third-order valence-corrected chi connectivity index (χ3v) is 4.31. The number of hydrogen-bond donors (Lipinski definition) is 1. The van der Waals surface area contributed by atoms with Crippen LogP contribution in [-0.2, 0) is 0 Å². The molecule has 1 aromatic carbocycles. The number of carbonyl (C=O) groups excluding carboxylic acids is 1. The van der Waals surface area contributed by atoms with Crippen LogP contribution < -0.4 is 5.32 Å². The van der Waals surface area contributed by atoms with E-state index in [4.69, 9.17) is 11.6 Å². The van der Waals surface area contributed by atoms with Crippen LogP contribution in [0.25, 0.3) is 0 Å². The molecule has 0 bridgehead atoms. The number of hydrogen-bond acceptors (Lipinski definition) is 1. The summed E-state index contributed by atoms with van der Waals surface area (Å²) in [5.41, 5.74) is 0.711. The van der Waals surface area contributed by atoms with E-state index in [1.54, 1.807) is 6.07 Å². The quantitative estimate of drug-likeness (QED) is 0.657. The van der Waals surface area contributed by atoms with Gasteiger partial charge in [-0.2, -0.15) is 0 Å². The number of alkyl halides is 1. The van der Waals surface area contributed by atoms with E-state index in [2.05, 4.69) is 51.0 Å². The highest BCUT2D eigenvalue weighted by atomic mass is 79.9. The summed E-state index contributed by atoms with van der Waals surface area (Å²) < 4.78 is 1.73. The van der Waals surface area contributed by atoms with Gasteiger partial charge in [0.2, 0.25) is 0 Å². The van der Waals surface area contributed by atoms with Crippen molar-refractivity contribution < 1.29 is 4.79 Å². The SMILES string of the molecule is CC(C)(CCCCl)CNC(=O)c1ccc(Br)cc1Br. The molecule has 0 aliphatic rings. The highest BCUT2D eigenvalue weighted by molar-refractivity contribution is 9.11. The average Bonchev–Trinajstić information content (AvgIpc) is 2.34. The number of halogens is 3. The first-order valence-corrected chi connectivity index (χ1v) is 8.27. The Morgan fingerprint density at radius 2 is 2.05 bits per heavy atom. The first-order valence-electron chi connectivity index (χ1n) is 6.15. The van der Waals surface area contributed by atoms with Crippen LogP contribution >= 0.6 is 43.5 Å². The zero-order chi connectivity index (χ0) is 14.5. The molecule has 0 radical (unpaired) electrons. The second-order valence-electron chi connectivity index (χ2n) is 5.26. The van der Waals surface area contributed by atoms with Crippen LogP contribution in [0.15, 0.2) is 27.1 Å². The summed E-state index contributed by atoms with van der Waals surface area (Å²) in [6, 6.07) is 5.53. The van der Waals surface area contributed by atoms with E-state index in [9.17, 15) is 4.79 Å². The van der Waals surface area contributed by atoms with E-state index in [1.165, 1.54) is 0 Å². The van der Waals surface area contributed by atoms with Crippen LogP contribution in [0.1, 0.15) is 37.0 Å². The van der Waals surface area contributed by atoms with Gasteiger partial charge in [0, 0.05) is 21.4 Å². The van der Waals surface area contributed by atoms with Gasteiger partial charge in [0.1, 0.15) is 0 Å². The average molecular weight is 412 g/mol. The van der Waals surface area contributed by atoms with Gasteiger partial charge in [0.15, 0.2) is 0 Å². The molecule has 106 valence electrons. The molecule has 0 aliphatic heterocycles. The molecule has 0 saturated heterocycles. The molecule has 2 nitrogen and oxygen atoms in total. The van der Waals surface area contributed by atoms with E-state index >= 15 is 0 Å². The van der Waals surface area contributed by atoms with E-state index < -0.39 is 0 Å². The van der Waals surface area contributed by atoms with E-state index in [0.717, 1.165) is 21.8 Å².